The van der Waals surface area contributed by atoms with Crippen LogP contribution in [0.2, 0.25) is 0 Å². The van der Waals surface area contributed by atoms with E-state index in [0.29, 0.717) is 5.11 Å². The lowest BCUT2D eigenvalue weighted by Crippen LogP contribution is -2.48. The number of nitrogens with zero attached hydrogens (tertiary/aromatic N) is 2. The summed E-state index contributed by atoms with van der Waals surface area (Å²) in [7, 11) is 0. The highest BCUT2D eigenvalue weighted by Crippen LogP contribution is 2.21. The molecule has 9 heteroatoms. The molecule has 2 heterocycles. The highest BCUT2D eigenvalue weighted by molar-refractivity contribution is 7.80. The molecule has 2 rings (SSSR count). The van der Waals surface area contributed by atoms with E-state index in [1.54, 1.807) is 11.3 Å². The monoisotopic (exact) mass is 343 g/mol. The molecule has 1 aliphatic heterocycles. The van der Waals surface area contributed by atoms with E-state index < -0.39 is 0 Å². The predicted octanol–water partition coefficient (Wildman–Crippen LogP) is 0.426. The molecule has 1 aliphatic rings. The molecule has 0 unspecified atom stereocenters. The Balaban J connectivity index is 1.77. The Morgan fingerprint density at radius 2 is 2.18 bits per heavy atom. The van der Waals surface area contributed by atoms with Crippen molar-refractivity contribution >= 4 is 39.7 Å². The van der Waals surface area contributed by atoms with Gasteiger partial charge in [-0.05, 0) is 26.1 Å². The van der Waals surface area contributed by atoms with Crippen LogP contribution in [0, 0.1) is 0 Å². The number of anilines is 1. The Labute approximate surface area is 139 Å². The standard InChI is InChI=1S/C13H21N5O2S2/c1-9(2)14-12(21)17-16-11(19)7-10-8-22-13(15-10)18-3-5-20-6-4-18/h8-9H,3-7H2,1-2H3,(H,16,19)(H2,14,17,21). The summed E-state index contributed by atoms with van der Waals surface area (Å²) in [6, 6.07) is 0.214. The van der Waals surface area contributed by atoms with Gasteiger partial charge in [-0.2, -0.15) is 0 Å². The molecule has 0 aromatic carbocycles. The third kappa shape index (κ3) is 5.39. The van der Waals surface area contributed by atoms with Crippen LogP contribution in [0.25, 0.3) is 0 Å². The summed E-state index contributed by atoms with van der Waals surface area (Å²) >= 11 is 6.59. The van der Waals surface area contributed by atoms with Crippen molar-refractivity contribution in [2.24, 2.45) is 0 Å². The minimum atomic E-state index is -0.174. The van der Waals surface area contributed by atoms with Gasteiger partial charge in [0.05, 0.1) is 25.3 Å². The van der Waals surface area contributed by atoms with Gasteiger partial charge in [0, 0.05) is 24.5 Å². The summed E-state index contributed by atoms with van der Waals surface area (Å²) in [5, 5.41) is 6.23. The smallest absolute Gasteiger partial charge is 0.244 e. The first-order valence-corrected chi connectivity index (χ1v) is 8.46. The third-order valence-electron chi connectivity index (χ3n) is 2.90. The normalized spacial score (nSPS) is 14.8. The van der Waals surface area contributed by atoms with E-state index in [4.69, 9.17) is 17.0 Å². The number of thiocarbonyl (C=S) groups is 1. The lowest BCUT2D eigenvalue weighted by atomic mass is 10.3. The first-order valence-electron chi connectivity index (χ1n) is 7.17. The number of carbonyl (C=O) groups excluding carboxylic acids is 1. The van der Waals surface area contributed by atoms with Crippen LogP contribution in [-0.2, 0) is 16.0 Å². The Hall–Kier alpha value is -1.45. The molecule has 0 saturated carbocycles. The van der Waals surface area contributed by atoms with E-state index in [0.717, 1.165) is 37.1 Å². The lowest BCUT2D eigenvalue weighted by Gasteiger charge is -2.26. The number of hydrogen-bond acceptors (Lipinski definition) is 6. The van der Waals surface area contributed by atoms with Gasteiger partial charge < -0.3 is 15.0 Å². The van der Waals surface area contributed by atoms with E-state index in [-0.39, 0.29) is 18.4 Å². The van der Waals surface area contributed by atoms with Crippen LogP contribution in [0.5, 0.6) is 0 Å². The van der Waals surface area contributed by atoms with Crippen molar-refractivity contribution in [3.8, 4) is 0 Å². The Morgan fingerprint density at radius 1 is 1.45 bits per heavy atom. The van der Waals surface area contributed by atoms with Crippen LogP contribution >= 0.6 is 23.6 Å². The molecule has 0 bridgehead atoms. The molecule has 1 saturated heterocycles. The van der Waals surface area contributed by atoms with E-state index in [9.17, 15) is 4.79 Å². The number of thiazole rings is 1. The number of ether oxygens (including phenoxy) is 1. The van der Waals surface area contributed by atoms with Crippen molar-refractivity contribution in [2.45, 2.75) is 26.3 Å². The first kappa shape index (κ1) is 16.9. The highest BCUT2D eigenvalue weighted by atomic mass is 32.1. The maximum absolute atomic E-state index is 11.9. The molecule has 1 amide bonds. The maximum atomic E-state index is 11.9. The van der Waals surface area contributed by atoms with Gasteiger partial charge in [0.15, 0.2) is 10.2 Å². The second-order valence-electron chi connectivity index (χ2n) is 5.20. The van der Waals surface area contributed by atoms with Gasteiger partial charge >= 0.3 is 0 Å². The molecule has 1 aromatic heterocycles. The van der Waals surface area contributed by atoms with Crippen molar-refractivity contribution in [1.82, 2.24) is 21.2 Å². The predicted molar refractivity (Wildman–Crippen MR) is 91.0 cm³/mol. The van der Waals surface area contributed by atoms with Gasteiger partial charge in [0.25, 0.3) is 0 Å². The lowest BCUT2D eigenvalue weighted by molar-refractivity contribution is -0.121. The molecule has 0 aliphatic carbocycles. The molecular formula is C13H21N5O2S2. The molecule has 3 N–H and O–H groups in total. The number of aromatic nitrogens is 1. The van der Waals surface area contributed by atoms with E-state index in [1.807, 2.05) is 19.2 Å². The number of carbonyl (C=O) groups is 1. The van der Waals surface area contributed by atoms with E-state index in [2.05, 4.69) is 26.1 Å². The molecule has 7 nitrogen and oxygen atoms in total. The minimum Gasteiger partial charge on any atom is -0.378 e. The van der Waals surface area contributed by atoms with Crippen LogP contribution in [0.4, 0.5) is 5.13 Å². The Morgan fingerprint density at radius 3 is 2.86 bits per heavy atom. The van der Waals surface area contributed by atoms with E-state index >= 15 is 0 Å². The number of nitrogens with one attached hydrogen (secondary N) is 3. The second kappa shape index (κ2) is 8.25. The van der Waals surface area contributed by atoms with Gasteiger partial charge in [0.1, 0.15) is 0 Å². The number of hydrogen-bond donors (Lipinski definition) is 3. The van der Waals surface area contributed by atoms with Gasteiger partial charge in [0.2, 0.25) is 5.91 Å². The van der Waals surface area contributed by atoms with Crippen molar-refractivity contribution in [3.05, 3.63) is 11.1 Å². The number of rotatable bonds is 4. The SMILES string of the molecule is CC(C)NC(=S)NNC(=O)Cc1csc(N2CCOCC2)n1. The Bertz CT molecular complexity index is 514. The maximum Gasteiger partial charge on any atom is 0.244 e. The van der Waals surface area contributed by atoms with Gasteiger partial charge in [-0.3, -0.25) is 15.6 Å². The van der Waals surface area contributed by atoms with Crippen LogP contribution in [-0.4, -0.2) is 48.3 Å². The zero-order valence-corrected chi connectivity index (χ0v) is 14.4. The fourth-order valence-electron chi connectivity index (χ4n) is 1.91. The molecule has 0 radical (unpaired) electrons. The molecule has 22 heavy (non-hydrogen) atoms. The molecule has 1 aromatic rings. The third-order valence-corrected chi connectivity index (χ3v) is 4.07. The van der Waals surface area contributed by atoms with Crippen molar-refractivity contribution < 1.29 is 9.53 Å². The zero-order valence-electron chi connectivity index (χ0n) is 12.7. The van der Waals surface area contributed by atoms with Crippen molar-refractivity contribution in [3.63, 3.8) is 0 Å². The molecule has 0 atom stereocenters. The van der Waals surface area contributed by atoms with E-state index in [1.165, 1.54) is 0 Å². The van der Waals surface area contributed by atoms with Gasteiger partial charge in [-0.15, -0.1) is 11.3 Å². The molecule has 122 valence electrons. The summed E-state index contributed by atoms with van der Waals surface area (Å²) in [5.74, 6) is -0.174. The van der Waals surface area contributed by atoms with Crippen LogP contribution in [0.1, 0.15) is 19.5 Å². The summed E-state index contributed by atoms with van der Waals surface area (Å²) in [4.78, 5) is 18.5. The minimum absolute atomic E-state index is 0.174. The number of hydrazine groups is 1. The molecule has 1 fully saturated rings. The fraction of sp³-hybridized carbons (Fsp3) is 0.615. The number of amides is 1. The Kier molecular flexibility index (Phi) is 6.34. The number of morpholine rings is 1. The quantitative estimate of drug-likeness (QED) is 0.540. The summed E-state index contributed by atoms with van der Waals surface area (Å²) in [6.45, 7) is 7.07. The first-order chi connectivity index (χ1) is 10.5. The molecule has 0 spiro atoms. The zero-order chi connectivity index (χ0) is 15.9. The molecular weight excluding hydrogens is 322 g/mol. The second-order valence-corrected chi connectivity index (χ2v) is 6.44. The average molecular weight is 343 g/mol. The van der Waals surface area contributed by atoms with Crippen molar-refractivity contribution in [2.75, 3.05) is 31.2 Å². The highest BCUT2D eigenvalue weighted by Gasteiger charge is 2.15. The van der Waals surface area contributed by atoms with Gasteiger partial charge in [-0.25, -0.2) is 4.98 Å². The largest absolute Gasteiger partial charge is 0.378 e. The van der Waals surface area contributed by atoms with Crippen LogP contribution in [0.3, 0.4) is 0 Å². The average Bonchev–Trinajstić information content (AvgIpc) is 2.94. The summed E-state index contributed by atoms with van der Waals surface area (Å²) < 4.78 is 5.32. The fourth-order valence-corrected chi connectivity index (χ4v) is 3.08. The summed E-state index contributed by atoms with van der Waals surface area (Å²) in [5.41, 5.74) is 6.00. The topological polar surface area (TPSA) is 78.5 Å². The van der Waals surface area contributed by atoms with Crippen LogP contribution in [0.15, 0.2) is 5.38 Å². The van der Waals surface area contributed by atoms with Crippen molar-refractivity contribution in [1.29, 1.82) is 0 Å². The van der Waals surface area contributed by atoms with Crippen LogP contribution < -0.4 is 21.1 Å². The summed E-state index contributed by atoms with van der Waals surface area (Å²) in [6.07, 6.45) is 0.220. The van der Waals surface area contributed by atoms with Gasteiger partial charge in [-0.1, -0.05) is 0 Å².